The van der Waals surface area contributed by atoms with Crippen LogP contribution in [0.15, 0.2) is 29.2 Å². The van der Waals surface area contributed by atoms with E-state index in [1.807, 2.05) is 0 Å². The molecule has 0 amide bonds. The number of nitrogens with two attached hydrogens (primary N) is 1. The molecule has 114 valence electrons. The van der Waals surface area contributed by atoms with Crippen LogP contribution in [-0.4, -0.2) is 43.5 Å². The first-order valence-electron chi connectivity index (χ1n) is 7.12. The lowest BCUT2D eigenvalue weighted by Gasteiger charge is -2.17. The Balaban J connectivity index is 1.76. The predicted molar refractivity (Wildman–Crippen MR) is 85.7 cm³/mol. The van der Waals surface area contributed by atoms with Crippen LogP contribution in [0.4, 0.5) is 0 Å². The summed E-state index contributed by atoms with van der Waals surface area (Å²) in [6.07, 6.45) is 3.33. The summed E-state index contributed by atoms with van der Waals surface area (Å²) in [5.74, 6) is 0. The normalized spacial score (nSPS) is 23.3. The molecule has 1 aliphatic carbocycles. The number of likely N-dealkylation sites (tertiary alicyclic amines) is 1. The van der Waals surface area contributed by atoms with Crippen molar-refractivity contribution < 1.29 is 8.42 Å². The van der Waals surface area contributed by atoms with Gasteiger partial charge in [-0.1, -0.05) is 30.4 Å². The highest BCUT2D eigenvalue weighted by Crippen LogP contribution is 2.30. The Morgan fingerprint density at radius 2 is 2.00 bits per heavy atom. The van der Waals surface area contributed by atoms with Crippen LogP contribution >= 0.6 is 12.2 Å². The second-order valence-corrected chi connectivity index (χ2v) is 7.82. The number of rotatable bonds is 5. The average molecular weight is 325 g/mol. The van der Waals surface area contributed by atoms with Crippen molar-refractivity contribution in [3.05, 3.63) is 29.8 Å². The molecule has 1 aromatic rings. The van der Waals surface area contributed by atoms with Gasteiger partial charge in [-0.15, -0.1) is 0 Å². The van der Waals surface area contributed by atoms with E-state index in [-0.39, 0.29) is 15.9 Å². The quantitative estimate of drug-likeness (QED) is 0.785. The van der Waals surface area contributed by atoms with E-state index >= 15 is 0 Å². The minimum atomic E-state index is -3.59. The van der Waals surface area contributed by atoms with Crippen LogP contribution < -0.4 is 10.5 Å². The molecule has 7 heteroatoms. The lowest BCUT2D eigenvalue weighted by molar-refractivity contribution is 0.322. The van der Waals surface area contributed by atoms with Gasteiger partial charge in [0.2, 0.25) is 10.0 Å². The Bertz CT molecular complexity index is 656. The molecule has 0 radical (unpaired) electrons. The van der Waals surface area contributed by atoms with Gasteiger partial charge in [0.15, 0.2) is 0 Å². The molecule has 2 fully saturated rings. The zero-order valence-electron chi connectivity index (χ0n) is 11.7. The van der Waals surface area contributed by atoms with Gasteiger partial charge in [-0.25, -0.2) is 13.1 Å². The zero-order valence-corrected chi connectivity index (χ0v) is 13.3. The minimum absolute atomic E-state index is 0.0324. The van der Waals surface area contributed by atoms with Gasteiger partial charge in [-0.3, -0.25) is 4.90 Å². The molecule has 0 spiro atoms. The van der Waals surface area contributed by atoms with Crippen molar-refractivity contribution in [3.63, 3.8) is 0 Å². The second kappa shape index (κ2) is 5.64. The van der Waals surface area contributed by atoms with Crippen molar-refractivity contribution in [2.45, 2.75) is 36.2 Å². The zero-order chi connectivity index (χ0) is 15.0. The Hall–Kier alpha value is -1.02. The molecule has 21 heavy (non-hydrogen) atoms. The van der Waals surface area contributed by atoms with Crippen LogP contribution in [0.1, 0.15) is 24.8 Å². The molecule has 0 aromatic heterocycles. The first-order valence-corrected chi connectivity index (χ1v) is 9.02. The fourth-order valence-electron chi connectivity index (χ4n) is 2.84. The predicted octanol–water partition coefficient (Wildman–Crippen LogP) is 0.836. The molecule has 2 aliphatic rings. The standard InChI is InChI=1S/C14H19N3O2S2/c15-14(20)12-3-1-2-4-13(12)21(18,19)16-10-7-8-17(9-10)11-5-6-11/h1-4,10-11,16H,5-9H2,(H2,15,20). The van der Waals surface area contributed by atoms with Crippen molar-refractivity contribution in [2.75, 3.05) is 13.1 Å². The highest BCUT2D eigenvalue weighted by Gasteiger charge is 2.36. The summed E-state index contributed by atoms with van der Waals surface area (Å²) >= 11 is 4.94. The fourth-order valence-corrected chi connectivity index (χ4v) is 4.57. The van der Waals surface area contributed by atoms with Crippen LogP contribution in [0.5, 0.6) is 0 Å². The monoisotopic (exact) mass is 325 g/mol. The molecule has 3 rings (SSSR count). The first-order chi connectivity index (χ1) is 9.97. The lowest BCUT2D eigenvalue weighted by Crippen LogP contribution is -2.38. The molecule has 1 unspecified atom stereocenters. The van der Waals surface area contributed by atoms with E-state index in [9.17, 15) is 8.42 Å². The first kappa shape index (κ1) is 14.9. The van der Waals surface area contributed by atoms with Crippen molar-refractivity contribution in [3.8, 4) is 0 Å². The van der Waals surface area contributed by atoms with E-state index in [2.05, 4.69) is 9.62 Å². The molecule has 1 aliphatic heterocycles. The summed E-state index contributed by atoms with van der Waals surface area (Å²) in [4.78, 5) is 2.64. The van der Waals surface area contributed by atoms with E-state index in [4.69, 9.17) is 18.0 Å². The maximum atomic E-state index is 12.6. The number of thiocarbonyl (C=S) groups is 1. The molecular formula is C14H19N3O2S2. The van der Waals surface area contributed by atoms with E-state index in [1.165, 1.54) is 12.8 Å². The van der Waals surface area contributed by atoms with Gasteiger partial charge in [0.25, 0.3) is 0 Å². The summed E-state index contributed by atoms with van der Waals surface area (Å²) in [5, 5.41) is 0. The molecule has 0 bridgehead atoms. The summed E-state index contributed by atoms with van der Waals surface area (Å²) in [6.45, 7) is 1.76. The van der Waals surface area contributed by atoms with E-state index < -0.39 is 10.0 Å². The third kappa shape index (κ3) is 3.26. The maximum Gasteiger partial charge on any atom is 0.241 e. The molecule has 3 N–H and O–H groups in total. The smallest absolute Gasteiger partial charge is 0.241 e. The third-order valence-electron chi connectivity index (χ3n) is 4.05. The van der Waals surface area contributed by atoms with Crippen LogP contribution in [0.25, 0.3) is 0 Å². The highest BCUT2D eigenvalue weighted by atomic mass is 32.2. The van der Waals surface area contributed by atoms with Gasteiger partial charge < -0.3 is 5.73 Å². The van der Waals surface area contributed by atoms with E-state index in [0.29, 0.717) is 11.6 Å². The Kier molecular flexibility index (Phi) is 4.00. The van der Waals surface area contributed by atoms with Gasteiger partial charge in [-0.2, -0.15) is 0 Å². The van der Waals surface area contributed by atoms with Gasteiger partial charge in [-0.05, 0) is 25.3 Å². The summed E-state index contributed by atoms with van der Waals surface area (Å²) < 4.78 is 27.9. The topological polar surface area (TPSA) is 75.4 Å². The minimum Gasteiger partial charge on any atom is -0.389 e. The highest BCUT2D eigenvalue weighted by molar-refractivity contribution is 7.89. The number of hydrogen-bond donors (Lipinski definition) is 2. The number of nitrogens with zero attached hydrogens (tertiary/aromatic N) is 1. The molecule has 1 saturated carbocycles. The van der Waals surface area contributed by atoms with Gasteiger partial charge in [0.1, 0.15) is 4.99 Å². The largest absolute Gasteiger partial charge is 0.389 e. The number of sulfonamides is 1. The molecule has 1 aromatic carbocycles. The van der Waals surface area contributed by atoms with Crippen LogP contribution in [-0.2, 0) is 10.0 Å². The molecular weight excluding hydrogens is 306 g/mol. The van der Waals surface area contributed by atoms with Crippen molar-refractivity contribution in [2.24, 2.45) is 5.73 Å². The average Bonchev–Trinajstić information content (AvgIpc) is 3.20. The molecule has 1 heterocycles. The molecule has 1 atom stereocenters. The van der Waals surface area contributed by atoms with Crippen molar-refractivity contribution >= 4 is 27.2 Å². The van der Waals surface area contributed by atoms with Crippen molar-refractivity contribution in [1.29, 1.82) is 0 Å². The van der Waals surface area contributed by atoms with Gasteiger partial charge in [0.05, 0.1) is 4.90 Å². The van der Waals surface area contributed by atoms with E-state index in [1.54, 1.807) is 24.3 Å². The summed E-state index contributed by atoms with van der Waals surface area (Å²) in [7, 11) is -3.59. The maximum absolute atomic E-state index is 12.6. The van der Waals surface area contributed by atoms with Crippen molar-refractivity contribution in [1.82, 2.24) is 9.62 Å². The van der Waals surface area contributed by atoms with Crippen LogP contribution in [0.2, 0.25) is 0 Å². The molecule has 5 nitrogen and oxygen atoms in total. The van der Waals surface area contributed by atoms with Gasteiger partial charge >= 0.3 is 0 Å². The van der Waals surface area contributed by atoms with Crippen LogP contribution in [0.3, 0.4) is 0 Å². The Morgan fingerprint density at radius 1 is 1.29 bits per heavy atom. The third-order valence-corrected chi connectivity index (χ3v) is 5.85. The SMILES string of the molecule is NC(=S)c1ccccc1S(=O)(=O)NC1CCN(C2CC2)C1. The summed E-state index contributed by atoms with van der Waals surface area (Å²) in [6, 6.07) is 7.24. The Morgan fingerprint density at radius 3 is 2.67 bits per heavy atom. The Labute approximate surface area is 130 Å². The van der Waals surface area contributed by atoms with Gasteiger partial charge in [0, 0.05) is 30.7 Å². The second-order valence-electron chi connectivity index (χ2n) is 5.69. The summed E-state index contributed by atoms with van der Waals surface area (Å²) in [5.41, 5.74) is 6.02. The van der Waals surface area contributed by atoms with E-state index in [0.717, 1.165) is 19.5 Å². The van der Waals surface area contributed by atoms with Crippen LogP contribution in [0, 0.1) is 0 Å². The fraction of sp³-hybridized carbons (Fsp3) is 0.500. The number of hydrogen-bond acceptors (Lipinski definition) is 4. The number of benzene rings is 1. The molecule has 1 saturated heterocycles. The number of nitrogens with one attached hydrogen (secondary N) is 1. The lowest BCUT2D eigenvalue weighted by atomic mass is 10.2.